The van der Waals surface area contributed by atoms with Gasteiger partial charge in [0.1, 0.15) is 0 Å². The van der Waals surface area contributed by atoms with Crippen LogP contribution in [0, 0.1) is 0 Å². The highest BCUT2D eigenvalue weighted by Crippen LogP contribution is 2.55. The first-order chi connectivity index (χ1) is 9.50. The molecule has 1 fully saturated rings. The van der Waals surface area contributed by atoms with E-state index in [0.717, 1.165) is 28.4 Å². The average molecular weight is 340 g/mol. The molecule has 0 heterocycles. The lowest BCUT2D eigenvalue weighted by Gasteiger charge is -2.22. The molecule has 2 rings (SSSR count). The highest BCUT2D eigenvalue weighted by molar-refractivity contribution is 9.10. The lowest BCUT2D eigenvalue weighted by atomic mass is 9.90. The first-order valence-corrected chi connectivity index (χ1v) is 7.34. The molecule has 0 aliphatic heterocycles. The van der Waals surface area contributed by atoms with Gasteiger partial charge in [-0.25, -0.2) is 4.79 Å². The molecule has 0 radical (unpaired) electrons. The maximum atomic E-state index is 10.7. The summed E-state index contributed by atoms with van der Waals surface area (Å²) in [6, 6.07) is 1.94. The fourth-order valence-corrected chi connectivity index (χ4v) is 3.59. The summed E-state index contributed by atoms with van der Waals surface area (Å²) in [6.07, 6.45) is 3.44. The smallest absolute Gasteiger partial charge is 0.235 e. The Kier molecular flexibility index (Phi) is 4.21. The van der Waals surface area contributed by atoms with Gasteiger partial charge in [0.2, 0.25) is 6.08 Å². The van der Waals surface area contributed by atoms with E-state index in [9.17, 15) is 4.79 Å². The fraction of sp³-hybridized carbons (Fsp3) is 0.533. The Labute approximate surface area is 127 Å². The summed E-state index contributed by atoms with van der Waals surface area (Å²) in [5, 5.41) is 0. The molecular formula is C15H18BrNO3. The number of halogens is 1. The molecule has 0 aromatic heterocycles. The predicted molar refractivity (Wildman–Crippen MR) is 80.4 cm³/mol. The fourth-order valence-electron chi connectivity index (χ4n) is 2.56. The molecule has 0 bridgehead atoms. The molecule has 0 spiro atoms. The van der Waals surface area contributed by atoms with Gasteiger partial charge in [0.05, 0.1) is 24.2 Å². The topological polar surface area (TPSA) is 47.9 Å². The van der Waals surface area contributed by atoms with Crippen molar-refractivity contribution >= 4 is 22.0 Å². The average Bonchev–Trinajstić information content (AvgIpc) is 3.18. The number of benzene rings is 1. The number of nitrogens with zero attached hydrogens (tertiary/aromatic N) is 1. The SMILES string of the molecule is COc1cc(C2(N=C=O)CC2)c(C(C)C)c(Br)c1OC. The van der Waals surface area contributed by atoms with E-state index in [0.29, 0.717) is 11.5 Å². The number of carbonyl (C=O) groups excluding carboxylic acids is 1. The molecule has 0 saturated heterocycles. The van der Waals surface area contributed by atoms with Crippen molar-refractivity contribution in [2.24, 2.45) is 4.99 Å². The maximum Gasteiger partial charge on any atom is 0.235 e. The van der Waals surface area contributed by atoms with E-state index >= 15 is 0 Å². The number of hydrogen-bond donors (Lipinski definition) is 0. The van der Waals surface area contributed by atoms with Crippen molar-refractivity contribution in [1.82, 2.24) is 0 Å². The van der Waals surface area contributed by atoms with Gasteiger partial charge in [-0.3, -0.25) is 0 Å². The Balaban J connectivity index is 2.73. The Morgan fingerprint density at radius 1 is 1.35 bits per heavy atom. The molecule has 1 aliphatic carbocycles. The summed E-state index contributed by atoms with van der Waals surface area (Å²) in [6.45, 7) is 4.21. The third-order valence-electron chi connectivity index (χ3n) is 3.71. The molecule has 1 aromatic rings. The Bertz CT molecular complexity index is 573. The summed E-state index contributed by atoms with van der Waals surface area (Å²) in [5.74, 6) is 1.59. The van der Waals surface area contributed by atoms with E-state index in [4.69, 9.17) is 9.47 Å². The number of hydrogen-bond acceptors (Lipinski definition) is 4. The van der Waals surface area contributed by atoms with Gasteiger partial charge in [-0.1, -0.05) is 13.8 Å². The molecule has 4 nitrogen and oxygen atoms in total. The molecule has 0 unspecified atom stereocenters. The minimum absolute atomic E-state index is 0.276. The molecule has 0 amide bonds. The lowest BCUT2D eigenvalue weighted by molar-refractivity contribution is 0.351. The zero-order valence-corrected chi connectivity index (χ0v) is 13.7. The van der Waals surface area contributed by atoms with Crippen LogP contribution < -0.4 is 9.47 Å². The molecule has 108 valence electrons. The Morgan fingerprint density at radius 2 is 2.00 bits per heavy atom. The van der Waals surface area contributed by atoms with Crippen LogP contribution in [0.1, 0.15) is 43.7 Å². The summed E-state index contributed by atoms with van der Waals surface area (Å²) in [7, 11) is 3.22. The quantitative estimate of drug-likeness (QED) is 0.603. The summed E-state index contributed by atoms with van der Waals surface area (Å²) in [4.78, 5) is 14.7. The minimum atomic E-state index is -0.427. The van der Waals surface area contributed by atoms with Gasteiger partial charge in [-0.05, 0) is 51.9 Å². The van der Waals surface area contributed by atoms with Crippen LogP contribution in [0.5, 0.6) is 11.5 Å². The zero-order chi connectivity index (χ0) is 14.9. The molecule has 5 heteroatoms. The van der Waals surface area contributed by atoms with E-state index < -0.39 is 5.54 Å². The maximum absolute atomic E-state index is 10.7. The first-order valence-electron chi connectivity index (χ1n) is 6.54. The van der Waals surface area contributed by atoms with Crippen LogP contribution in [-0.4, -0.2) is 20.3 Å². The Morgan fingerprint density at radius 3 is 2.40 bits per heavy atom. The molecule has 1 aliphatic rings. The van der Waals surface area contributed by atoms with E-state index in [-0.39, 0.29) is 5.92 Å². The molecule has 1 saturated carbocycles. The third-order valence-corrected chi connectivity index (χ3v) is 4.50. The van der Waals surface area contributed by atoms with Crippen molar-refractivity contribution in [2.45, 2.75) is 38.1 Å². The van der Waals surface area contributed by atoms with Gasteiger partial charge in [-0.2, -0.15) is 4.99 Å². The number of rotatable bonds is 5. The Hall–Kier alpha value is -1.32. The molecular weight excluding hydrogens is 322 g/mol. The number of isocyanates is 1. The molecule has 1 aromatic carbocycles. The monoisotopic (exact) mass is 339 g/mol. The second-order valence-electron chi connectivity index (χ2n) is 5.28. The summed E-state index contributed by atoms with van der Waals surface area (Å²) >= 11 is 3.61. The van der Waals surface area contributed by atoms with E-state index in [1.54, 1.807) is 20.3 Å². The summed E-state index contributed by atoms with van der Waals surface area (Å²) < 4.78 is 11.7. The molecule has 0 N–H and O–H groups in total. The highest BCUT2D eigenvalue weighted by Gasteiger charge is 2.47. The number of methoxy groups -OCH3 is 2. The lowest BCUT2D eigenvalue weighted by Crippen LogP contribution is -2.10. The third kappa shape index (κ3) is 2.36. The van der Waals surface area contributed by atoms with Gasteiger partial charge in [0.15, 0.2) is 11.5 Å². The highest BCUT2D eigenvalue weighted by atomic mass is 79.9. The van der Waals surface area contributed by atoms with Crippen molar-refractivity contribution in [3.63, 3.8) is 0 Å². The van der Waals surface area contributed by atoms with Crippen molar-refractivity contribution in [3.05, 3.63) is 21.7 Å². The largest absolute Gasteiger partial charge is 0.493 e. The minimum Gasteiger partial charge on any atom is -0.493 e. The van der Waals surface area contributed by atoms with E-state index in [2.05, 4.69) is 34.8 Å². The second-order valence-corrected chi connectivity index (χ2v) is 6.07. The van der Waals surface area contributed by atoms with Crippen molar-refractivity contribution in [2.75, 3.05) is 14.2 Å². The van der Waals surface area contributed by atoms with Gasteiger partial charge in [0.25, 0.3) is 0 Å². The van der Waals surface area contributed by atoms with Crippen molar-refractivity contribution < 1.29 is 14.3 Å². The van der Waals surface area contributed by atoms with Crippen molar-refractivity contribution in [1.29, 1.82) is 0 Å². The number of aliphatic imine (C=N–C) groups is 1. The van der Waals surface area contributed by atoms with Crippen LogP contribution in [0.4, 0.5) is 0 Å². The van der Waals surface area contributed by atoms with Crippen LogP contribution in [0.25, 0.3) is 0 Å². The van der Waals surface area contributed by atoms with Crippen LogP contribution in [-0.2, 0) is 10.3 Å². The zero-order valence-electron chi connectivity index (χ0n) is 12.1. The van der Waals surface area contributed by atoms with Crippen LogP contribution in [0.3, 0.4) is 0 Å². The molecule has 20 heavy (non-hydrogen) atoms. The normalized spacial score (nSPS) is 15.7. The molecule has 0 atom stereocenters. The first kappa shape index (κ1) is 15.1. The van der Waals surface area contributed by atoms with Crippen LogP contribution in [0.2, 0.25) is 0 Å². The van der Waals surface area contributed by atoms with E-state index in [1.807, 2.05) is 6.07 Å². The van der Waals surface area contributed by atoms with Crippen LogP contribution >= 0.6 is 15.9 Å². The second kappa shape index (κ2) is 5.58. The van der Waals surface area contributed by atoms with Gasteiger partial charge >= 0.3 is 0 Å². The summed E-state index contributed by atoms with van der Waals surface area (Å²) in [5.41, 5.74) is 1.71. The van der Waals surface area contributed by atoms with Crippen molar-refractivity contribution in [3.8, 4) is 11.5 Å². The van der Waals surface area contributed by atoms with Crippen LogP contribution in [0.15, 0.2) is 15.5 Å². The van der Waals surface area contributed by atoms with Gasteiger partial charge in [-0.15, -0.1) is 0 Å². The standard InChI is InChI=1S/C15H18BrNO3/c1-9(2)12-10(15(5-6-15)17-8-18)7-11(19-3)14(20-4)13(12)16/h7,9H,5-6H2,1-4H3. The van der Waals surface area contributed by atoms with Gasteiger partial charge in [0, 0.05) is 0 Å². The van der Waals surface area contributed by atoms with Gasteiger partial charge < -0.3 is 9.47 Å². The van der Waals surface area contributed by atoms with E-state index in [1.165, 1.54) is 0 Å². The predicted octanol–water partition coefficient (Wildman–Crippen LogP) is 3.91. The number of ether oxygens (including phenoxy) is 2.